The highest BCUT2D eigenvalue weighted by molar-refractivity contribution is 5.73. The summed E-state index contributed by atoms with van der Waals surface area (Å²) < 4.78 is 4.86. The standard InChI is InChI=1S/C12H20O2/c1-7-9(11(13)14-4)5-8-6-10(7)12(8,2)3/h7-10H,5-6H2,1-4H3/t7?,8-,9-,10-/m1/s1. The summed E-state index contributed by atoms with van der Waals surface area (Å²) in [6.07, 6.45) is 2.36. The Morgan fingerprint density at radius 1 is 1.36 bits per heavy atom. The van der Waals surface area contributed by atoms with Crippen LogP contribution in [0.2, 0.25) is 0 Å². The van der Waals surface area contributed by atoms with E-state index >= 15 is 0 Å². The van der Waals surface area contributed by atoms with Crippen molar-refractivity contribution in [2.75, 3.05) is 7.11 Å². The number of rotatable bonds is 1. The lowest BCUT2D eigenvalue weighted by Gasteiger charge is -2.61. The van der Waals surface area contributed by atoms with Crippen LogP contribution >= 0.6 is 0 Å². The number of hydrogen-bond donors (Lipinski definition) is 0. The highest BCUT2D eigenvalue weighted by atomic mass is 16.5. The smallest absolute Gasteiger partial charge is 0.308 e. The topological polar surface area (TPSA) is 26.3 Å². The minimum absolute atomic E-state index is 0.00250. The molecule has 0 aromatic carbocycles. The molecule has 0 N–H and O–H groups in total. The van der Waals surface area contributed by atoms with Gasteiger partial charge in [0.2, 0.25) is 0 Å². The molecule has 3 rings (SSSR count). The van der Waals surface area contributed by atoms with Crippen LogP contribution in [-0.4, -0.2) is 13.1 Å². The maximum absolute atomic E-state index is 11.5. The van der Waals surface area contributed by atoms with Gasteiger partial charge < -0.3 is 4.74 Å². The van der Waals surface area contributed by atoms with E-state index in [1.165, 1.54) is 13.5 Å². The molecule has 1 unspecified atom stereocenters. The van der Waals surface area contributed by atoms with Gasteiger partial charge in [-0.15, -0.1) is 0 Å². The monoisotopic (exact) mass is 196 g/mol. The van der Waals surface area contributed by atoms with E-state index in [-0.39, 0.29) is 11.9 Å². The first-order chi connectivity index (χ1) is 6.48. The number of esters is 1. The van der Waals surface area contributed by atoms with E-state index in [9.17, 15) is 4.79 Å². The fraction of sp³-hybridized carbons (Fsp3) is 0.917. The lowest BCUT2D eigenvalue weighted by molar-refractivity contribution is -0.170. The molecule has 0 amide bonds. The summed E-state index contributed by atoms with van der Waals surface area (Å²) in [5.74, 6) is 2.14. The lowest BCUT2D eigenvalue weighted by Crippen LogP contribution is -2.56. The van der Waals surface area contributed by atoms with E-state index in [0.717, 1.165) is 18.3 Å². The molecule has 3 saturated carbocycles. The molecule has 80 valence electrons. The molecule has 2 bridgehead atoms. The van der Waals surface area contributed by atoms with Gasteiger partial charge in [0.05, 0.1) is 13.0 Å². The molecule has 0 radical (unpaired) electrons. The zero-order valence-corrected chi connectivity index (χ0v) is 9.54. The van der Waals surface area contributed by atoms with Gasteiger partial charge in [0.25, 0.3) is 0 Å². The molecule has 3 aliphatic carbocycles. The molecule has 14 heavy (non-hydrogen) atoms. The van der Waals surface area contributed by atoms with Crippen molar-refractivity contribution in [3.8, 4) is 0 Å². The Balaban J connectivity index is 2.12. The van der Waals surface area contributed by atoms with Crippen LogP contribution in [0.1, 0.15) is 33.6 Å². The number of carbonyl (C=O) groups is 1. The van der Waals surface area contributed by atoms with Crippen LogP contribution in [0.3, 0.4) is 0 Å². The Labute approximate surface area is 86.0 Å². The quantitative estimate of drug-likeness (QED) is 0.602. The summed E-state index contributed by atoms with van der Waals surface area (Å²) in [5, 5.41) is 0. The molecule has 0 saturated heterocycles. The van der Waals surface area contributed by atoms with Crippen LogP contribution in [-0.2, 0) is 9.53 Å². The normalized spacial score (nSPS) is 44.0. The van der Waals surface area contributed by atoms with Crippen LogP contribution in [0, 0.1) is 29.1 Å². The number of fused-ring (bicyclic) bond motifs is 2. The molecule has 0 spiro atoms. The molecule has 0 aromatic heterocycles. The van der Waals surface area contributed by atoms with Gasteiger partial charge in [-0.3, -0.25) is 4.79 Å². The maximum Gasteiger partial charge on any atom is 0.308 e. The van der Waals surface area contributed by atoms with Crippen molar-refractivity contribution < 1.29 is 9.53 Å². The fourth-order valence-electron chi connectivity index (χ4n) is 3.61. The van der Waals surface area contributed by atoms with Crippen LogP contribution in [0.15, 0.2) is 0 Å². The summed E-state index contributed by atoms with van der Waals surface area (Å²) in [6.45, 7) is 6.90. The molecule has 3 fully saturated rings. The number of carbonyl (C=O) groups excluding carboxylic acids is 1. The Hall–Kier alpha value is -0.530. The molecule has 4 atom stereocenters. The van der Waals surface area contributed by atoms with Crippen molar-refractivity contribution >= 4 is 5.97 Å². The zero-order valence-electron chi connectivity index (χ0n) is 9.54. The maximum atomic E-state index is 11.5. The van der Waals surface area contributed by atoms with E-state index in [1.807, 2.05) is 0 Å². The SMILES string of the molecule is COC(=O)[C@@H]1C[C@@H]2C[C@H](C1C)C2(C)C. The van der Waals surface area contributed by atoms with Gasteiger partial charge in [-0.1, -0.05) is 20.8 Å². The molecular formula is C12H20O2. The van der Waals surface area contributed by atoms with Gasteiger partial charge in [-0.2, -0.15) is 0 Å². The summed E-state index contributed by atoms with van der Waals surface area (Å²) >= 11 is 0. The van der Waals surface area contributed by atoms with Gasteiger partial charge in [0.1, 0.15) is 0 Å². The Morgan fingerprint density at radius 2 is 2.00 bits per heavy atom. The first kappa shape index (κ1) is 10.0. The van der Waals surface area contributed by atoms with Crippen molar-refractivity contribution in [1.82, 2.24) is 0 Å². The molecule has 3 aliphatic rings. The molecule has 0 aromatic rings. The minimum atomic E-state index is 0.00250. The first-order valence-electron chi connectivity index (χ1n) is 5.56. The van der Waals surface area contributed by atoms with E-state index in [1.54, 1.807) is 0 Å². The van der Waals surface area contributed by atoms with Gasteiger partial charge in [0.15, 0.2) is 0 Å². The van der Waals surface area contributed by atoms with Crippen molar-refractivity contribution in [2.45, 2.75) is 33.6 Å². The summed E-state index contributed by atoms with van der Waals surface area (Å²) in [7, 11) is 1.50. The largest absolute Gasteiger partial charge is 0.469 e. The van der Waals surface area contributed by atoms with Crippen molar-refractivity contribution in [1.29, 1.82) is 0 Å². The second-order valence-electron chi connectivity index (χ2n) is 5.58. The first-order valence-corrected chi connectivity index (χ1v) is 5.56. The zero-order chi connectivity index (χ0) is 10.5. The second kappa shape index (κ2) is 2.98. The van der Waals surface area contributed by atoms with Gasteiger partial charge >= 0.3 is 5.97 Å². The van der Waals surface area contributed by atoms with Crippen LogP contribution in [0.25, 0.3) is 0 Å². The van der Waals surface area contributed by atoms with E-state index < -0.39 is 0 Å². The Bertz CT molecular complexity index is 257. The third kappa shape index (κ3) is 1.12. The average molecular weight is 196 g/mol. The van der Waals surface area contributed by atoms with E-state index in [4.69, 9.17) is 4.74 Å². The predicted octanol–water partition coefficient (Wildman–Crippen LogP) is 2.48. The molecule has 2 heteroatoms. The fourth-order valence-corrected chi connectivity index (χ4v) is 3.61. The molecular weight excluding hydrogens is 176 g/mol. The number of methoxy groups -OCH3 is 1. The number of ether oxygens (including phenoxy) is 1. The van der Waals surface area contributed by atoms with Crippen LogP contribution in [0.5, 0.6) is 0 Å². The summed E-state index contributed by atoms with van der Waals surface area (Å²) in [6, 6.07) is 0. The van der Waals surface area contributed by atoms with Gasteiger partial charge in [-0.25, -0.2) is 0 Å². The Kier molecular flexibility index (Phi) is 2.13. The highest BCUT2D eigenvalue weighted by Crippen LogP contribution is 2.62. The lowest BCUT2D eigenvalue weighted by atomic mass is 9.43. The van der Waals surface area contributed by atoms with E-state index in [0.29, 0.717) is 11.3 Å². The molecule has 2 nitrogen and oxygen atoms in total. The van der Waals surface area contributed by atoms with Crippen LogP contribution < -0.4 is 0 Å². The summed E-state index contributed by atoms with van der Waals surface area (Å²) in [4.78, 5) is 11.5. The third-order valence-corrected chi connectivity index (χ3v) is 4.86. The average Bonchev–Trinajstić information content (AvgIpc) is 2.16. The van der Waals surface area contributed by atoms with Crippen LogP contribution in [0.4, 0.5) is 0 Å². The second-order valence-corrected chi connectivity index (χ2v) is 5.58. The molecule has 0 aliphatic heterocycles. The van der Waals surface area contributed by atoms with Gasteiger partial charge in [0, 0.05) is 0 Å². The molecule has 0 heterocycles. The third-order valence-electron chi connectivity index (χ3n) is 4.86. The highest BCUT2D eigenvalue weighted by Gasteiger charge is 2.57. The Morgan fingerprint density at radius 3 is 2.43 bits per heavy atom. The van der Waals surface area contributed by atoms with Gasteiger partial charge in [-0.05, 0) is 36.0 Å². The number of hydrogen-bond acceptors (Lipinski definition) is 2. The van der Waals surface area contributed by atoms with Crippen molar-refractivity contribution in [2.24, 2.45) is 29.1 Å². The predicted molar refractivity (Wildman–Crippen MR) is 54.7 cm³/mol. The van der Waals surface area contributed by atoms with Crippen molar-refractivity contribution in [3.05, 3.63) is 0 Å². The minimum Gasteiger partial charge on any atom is -0.469 e. The van der Waals surface area contributed by atoms with Crippen molar-refractivity contribution in [3.63, 3.8) is 0 Å². The van der Waals surface area contributed by atoms with E-state index in [2.05, 4.69) is 20.8 Å². The summed E-state index contributed by atoms with van der Waals surface area (Å²) in [5.41, 5.74) is 0.462.